The zero-order chi connectivity index (χ0) is 27.2. The van der Waals surface area contributed by atoms with Crippen molar-refractivity contribution in [1.82, 2.24) is 25.1 Å². The molecule has 2 amide bonds. The first-order valence-electron chi connectivity index (χ1n) is 12.9. The normalized spacial score (nSPS) is 15.2. The number of nitrogens with one attached hydrogen (secondary N) is 3. The van der Waals surface area contributed by atoms with Crippen LogP contribution in [0.5, 0.6) is 11.5 Å². The van der Waals surface area contributed by atoms with Gasteiger partial charge in [0.2, 0.25) is 5.91 Å². The van der Waals surface area contributed by atoms with Crippen molar-refractivity contribution < 1.29 is 19.1 Å². The number of fused-ring (bicyclic) bond motifs is 1. The van der Waals surface area contributed by atoms with Gasteiger partial charge < -0.3 is 25.0 Å². The molecule has 4 aromatic rings. The Labute approximate surface area is 225 Å². The van der Waals surface area contributed by atoms with Crippen LogP contribution in [0.1, 0.15) is 35.2 Å². The number of carbonyl (C=O) groups excluding carboxylic acids is 2. The summed E-state index contributed by atoms with van der Waals surface area (Å²) in [4.78, 5) is 35.5. The lowest BCUT2D eigenvalue weighted by molar-refractivity contribution is -0.133. The summed E-state index contributed by atoms with van der Waals surface area (Å²) in [6.45, 7) is 3.69. The molecule has 0 unspecified atom stereocenters. The molecule has 1 aromatic carbocycles. The highest BCUT2D eigenvalue weighted by Crippen LogP contribution is 2.33. The van der Waals surface area contributed by atoms with E-state index in [1.54, 1.807) is 49.8 Å². The topological polar surface area (TPSA) is 134 Å². The number of aromatic nitrogens is 4. The van der Waals surface area contributed by atoms with Crippen LogP contribution in [0, 0.1) is 6.92 Å². The summed E-state index contributed by atoms with van der Waals surface area (Å²) >= 11 is 0. The van der Waals surface area contributed by atoms with Crippen LogP contribution < -0.4 is 15.4 Å². The number of pyridine rings is 2. The number of H-pyrrole nitrogens is 1. The summed E-state index contributed by atoms with van der Waals surface area (Å²) in [5, 5.41) is 14.4. The highest BCUT2D eigenvalue weighted by atomic mass is 16.5. The van der Waals surface area contributed by atoms with Crippen LogP contribution in [-0.4, -0.2) is 69.7 Å². The SMILES string of the molecule is COCCC(=O)N1CCC[C@@H](Nc2n[nH]c3nccc(Oc4ccc(C(=O)Nc5cc(C)ccn5)cc4)c23)C1. The second-order valence-corrected chi connectivity index (χ2v) is 9.47. The number of piperidine rings is 1. The molecule has 1 atom stereocenters. The van der Waals surface area contributed by atoms with Gasteiger partial charge in [-0.3, -0.25) is 14.7 Å². The minimum atomic E-state index is -0.255. The van der Waals surface area contributed by atoms with Gasteiger partial charge in [-0.1, -0.05) is 0 Å². The molecule has 202 valence electrons. The summed E-state index contributed by atoms with van der Waals surface area (Å²) in [6, 6.07) is 12.4. The van der Waals surface area contributed by atoms with E-state index >= 15 is 0 Å². The van der Waals surface area contributed by atoms with E-state index in [9.17, 15) is 9.59 Å². The number of aryl methyl sites for hydroxylation is 1. The van der Waals surface area contributed by atoms with Crippen LogP contribution in [-0.2, 0) is 9.53 Å². The zero-order valence-electron chi connectivity index (χ0n) is 21.9. The van der Waals surface area contributed by atoms with Crippen LogP contribution in [0.25, 0.3) is 11.0 Å². The third-order valence-corrected chi connectivity index (χ3v) is 6.56. The standard InChI is InChI=1S/C28H31N7O4/c1-18-9-12-29-23(16-18)32-28(37)19-5-7-21(8-6-19)39-22-10-13-30-26-25(22)27(34-33-26)31-20-4-3-14-35(17-20)24(36)11-15-38-2/h5-10,12-13,16,20H,3-4,11,14-15,17H2,1-2H3,(H,29,32,37)(H2,30,31,33,34)/t20-/m1/s1. The summed E-state index contributed by atoms with van der Waals surface area (Å²) in [5.41, 5.74) is 2.08. The lowest BCUT2D eigenvalue weighted by atomic mass is 10.1. The number of nitrogens with zero attached hydrogens (tertiary/aromatic N) is 4. The highest BCUT2D eigenvalue weighted by Gasteiger charge is 2.25. The van der Waals surface area contributed by atoms with Crippen molar-refractivity contribution >= 4 is 34.5 Å². The number of methoxy groups -OCH3 is 1. The van der Waals surface area contributed by atoms with Crippen LogP contribution in [0.15, 0.2) is 54.9 Å². The third-order valence-electron chi connectivity index (χ3n) is 6.56. The maximum atomic E-state index is 12.6. The molecule has 1 saturated heterocycles. The highest BCUT2D eigenvalue weighted by molar-refractivity contribution is 6.03. The van der Waals surface area contributed by atoms with E-state index < -0.39 is 0 Å². The number of hydrogen-bond donors (Lipinski definition) is 3. The lowest BCUT2D eigenvalue weighted by Crippen LogP contribution is -2.45. The van der Waals surface area contributed by atoms with Crippen molar-refractivity contribution in [2.75, 3.05) is 37.4 Å². The Morgan fingerprint density at radius 2 is 1.95 bits per heavy atom. The molecule has 3 N–H and O–H groups in total. The molecular weight excluding hydrogens is 498 g/mol. The summed E-state index contributed by atoms with van der Waals surface area (Å²) in [7, 11) is 1.60. The summed E-state index contributed by atoms with van der Waals surface area (Å²) in [5.74, 6) is 2.09. The van der Waals surface area contributed by atoms with E-state index in [1.165, 1.54) is 0 Å². The monoisotopic (exact) mass is 529 g/mol. The molecule has 0 radical (unpaired) electrons. The molecule has 1 fully saturated rings. The number of rotatable bonds is 9. The Balaban J connectivity index is 1.28. The van der Waals surface area contributed by atoms with Crippen molar-refractivity contribution in [2.24, 2.45) is 0 Å². The van der Waals surface area contributed by atoms with Gasteiger partial charge in [0.05, 0.1) is 13.0 Å². The molecule has 11 heteroatoms. The van der Waals surface area contributed by atoms with Gasteiger partial charge in [-0.25, -0.2) is 9.97 Å². The number of carbonyl (C=O) groups is 2. The second kappa shape index (κ2) is 11.9. The smallest absolute Gasteiger partial charge is 0.256 e. The number of hydrogen-bond acceptors (Lipinski definition) is 8. The molecular formula is C28H31N7O4. The van der Waals surface area contributed by atoms with Gasteiger partial charge in [0.1, 0.15) is 22.7 Å². The van der Waals surface area contributed by atoms with Gasteiger partial charge in [-0.15, -0.1) is 0 Å². The second-order valence-electron chi connectivity index (χ2n) is 9.47. The van der Waals surface area contributed by atoms with Crippen molar-refractivity contribution in [3.8, 4) is 11.5 Å². The Bertz CT molecular complexity index is 1450. The first-order valence-corrected chi connectivity index (χ1v) is 12.9. The number of aromatic amines is 1. The van der Waals surface area contributed by atoms with E-state index in [4.69, 9.17) is 9.47 Å². The minimum absolute atomic E-state index is 0.0467. The number of anilines is 2. The Kier molecular flexibility index (Phi) is 7.97. The molecule has 39 heavy (non-hydrogen) atoms. The van der Waals surface area contributed by atoms with Gasteiger partial charge >= 0.3 is 0 Å². The molecule has 4 heterocycles. The molecule has 0 spiro atoms. The van der Waals surface area contributed by atoms with E-state index in [-0.39, 0.29) is 17.9 Å². The Morgan fingerprint density at radius 1 is 1.13 bits per heavy atom. The fraction of sp³-hybridized carbons (Fsp3) is 0.321. The zero-order valence-corrected chi connectivity index (χ0v) is 21.9. The van der Waals surface area contributed by atoms with Crippen molar-refractivity contribution in [2.45, 2.75) is 32.2 Å². The van der Waals surface area contributed by atoms with E-state index in [0.717, 1.165) is 24.9 Å². The molecule has 3 aromatic heterocycles. The molecule has 11 nitrogen and oxygen atoms in total. The molecule has 0 saturated carbocycles. The quantitative estimate of drug-likeness (QED) is 0.294. The molecule has 0 aliphatic carbocycles. The van der Waals surface area contributed by atoms with Gasteiger partial charge in [-0.2, -0.15) is 5.10 Å². The number of benzene rings is 1. The number of ether oxygens (including phenoxy) is 2. The molecule has 1 aliphatic heterocycles. The van der Waals surface area contributed by atoms with E-state index in [1.807, 2.05) is 24.0 Å². The third kappa shape index (κ3) is 6.32. The van der Waals surface area contributed by atoms with Crippen molar-refractivity contribution in [3.63, 3.8) is 0 Å². The average molecular weight is 530 g/mol. The predicted octanol–water partition coefficient (Wildman–Crippen LogP) is 4.15. The maximum absolute atomic E-state index is 12.6. The Hall–Kier alpha value is -4.51. The van der Waals surface area contributed by atoms with E-state index in [0.29, 0.717) is 59.3 Å². The van der Waals surface area contributed by atoms with Gasteiger partial charge in [0.25, 0.3) is 5.91 Å². The number of likely N-dealkylation sites (tertiary alicyclic amines) is 1. The van der Waals surface area contributed by atoms with Crippen LogP contribution in [0.4, 0.5) is 11.6 Å². The molecule has 1 aliphatic rings. The van der Waals surface area contributed by atoms with Crippen LogP contribution in [0.2, 0.25) is 0 Å². The van der Waals surface area contributed by atoms with Crippen LogP contribution >= 0.6 is 0 Å². The fourth-order valence-electron chi connectivity index (χ4n) is 4.57. The molecule has 0 bridgehead atoms. The van der Waals surface area contributed by atoms with Crippen molar-refractivity contribution in [3.05, 3.63) is 66.0 Å². The first-order chi connectivity index (χ1) is 19.0. The number of amides is 2. The Morgan fingerprint density at radius 3 is 2.74 bits per heavy atom. The van der Waals surface area contributed by atoms with Gasteiger partial charge in [0.15, 0.2) is 11.5 Å². The van der Waals surface area contributed by atoms with Crippen molar-refractivity contribution in [1.29, 1.82) is 0 Å². The predicted molar refractivity (Wildman–Crippen MR) is 147 cm³/mol. The van der Waals surface area contributed by atoms with Crippen LogP contribution in [0.3, 0.4) is 0 Å². The lowest BCUT2D eigenvalue weighted by Gasteiger charge is -2.33. The first kappa shape index (κ1) is 26.1. The van der Waals surface area contributed by atoms with Gasteiger partial charge in [-0.05, 0) is 61.7 Å². The summed E-state index contributed by atoms with van der Waals surface area (Å²) in [6.07, 6.45) is 5.50. The summed E-state index contributed by atoms with van der Waals surface area (Å²) < 4.78 is 11.2. The largest absolute Gasteiger partial charge is 0.456 e. The maximum Gasteiger partial charge on any atom is 0.256 e. The average Bonchev–Trinajstić information content (AvgIpc) is 3.36. The van der Waals surface area contributed by atoms with Gasteiger partial charge in [0, 0.05) is 50.3 Å². The molecule has 5 rings (SSSR count). The minimum Gasteiger partial charge on any atom is -0.456 e. The van der Waals surface area contributed by atoms with E-state index in [2.05, 4.69) is 30.8 Å². The fourth-order valence-corrected chi connectivity index (χ4v) is 4.57.